The van der Waals surface area contributed by atoms with Crippen LogP contribution >= 0.6 is 15.9 Å². The van der Waals surface area contributed by atoms with Crippen molar-refractivity contribution in [3.8, 4) is 22.9 Å². The maximum absolute atomic E-state index is 5.32. The van der Waals surface area contributed by atoms with Crippen LogP contribution in [0.1, 0.15) is 5.56 Å². The Morgan fingerprint density at radius 1 is 1.08 bits per heavy atom. The maximum atomic E-state index is 5.32. The van der Waals surface area contributed by atoms with E-state index in [-0.39, 0.29) is 0 Å². The number of ether oxygens (including phenoxy) is 2. The highest BCUT2D eigenvalue weighted by atomic mass is 79.9. The number of aromatic nitrogens is 3. The molecule has 0 spiro atoms. The van der Waals surface area contributed by atoms with E-state index in [1.165, 1.54) is 0 Å². The quantitative estimate of drug-likeness (QED) is 0.628. The Morgan fingerprint density at radius 3 is 2.50 bits per heavy atom. The Morgan fingerprint density at radius 2 is 1.79 bits per heavy atom. The summed E-state index contributed by atoms with van der Waals surface area (Å²) >= 11 is 3.51. The molecule has 1 heterocycles. The van der Waals surface area contributed by atoms with Crippen LogP contribution in [0.5, 0.6) is 11.5 Å². The summed E-state index contributed by atoms with van der Waals surface area (Å²) in [5.41, 5.74) is 1.79. The van der Waals surface area contributed by atoms with Crippen LogP contribution in [0.25, 0.3) is 11.4 Å². The fourth-order valence-corrected chi connectivity index (χ4v) is 2.61. The molecule has 2 aromatic carbocycles. The van der Waals surface area contributed by atoms with Gasteiger partial charge in [0.2, 0.25) is 0 Å². The van der Waals surface area contributed by atoms with Crippen molar-refractivity contribution in [2.75, 3.05) is 14.2 Å². The average Bonchev–Trinajstić information content (AvgIpc) is 3.09. The molecule has 0 saturated heterocycles. The number of nitrogens with zero attached hydrogens (tertiary/aromatic N) is 4. The predicted octanol–water partition coefficient (Wildman–Crippen LogP) is 3.61. The van der Waals surface area contributed by atoms with E-state index in [9.17, 15) is 0 Å². The molecule has 0 aliphatic heterocycles. The van der Waals surface area contributed by atoms with Crippen LogP contribution in [-0.2, 0) is 0 Å². The molecule has 1 aromatic heterocycles. The topological polar surface area (TPSA) is 61.5 Å². The van der Waals surface area contributed by atoms with E-state index in [1.807, 2.05) is 42.5 Å². The lowest BCUT2D eigenvalue weighted by atomic mass is 10.2. The number of hydrogen-bond acceptors (Lipinski definition) is 5. The summed E-state index contributed by atoms with van der Waals surface area (Å²) in [6.07, 6.45) is 3.27. The van der Waals surface area contributed by atoms with E-state index in [1.54, 1.807) is 31.4 Å². The largest absolute Gasteiger partial charge is 0.493 e. The van der Waals surface area contributed by atoms with Gasteiger partial charge in [0.1, 0.15) is 6.33 Å². The first-order valence-electron chi connectivity index (χ1n) is 7.14. The minimum atomic E-state index is 0.634. The van der Waals surface area contributed by atoms with Crippen molar-refractivity contribution >= 4 is 22.1 Å². The van der Waals surface area contributed by atoms with Crippen LogP contribution in [0.3, 0.4) is 0 Å². The number of methoxy groups -OCH3 is 2. The molecule has 0 unspecified atom stereocenters. The zero-order valence-electron chi connectivity index (χ0n) is 13.2. The van der Waals surface area contributed by atoms with Gasteiger partial charge in [-0.3, -0.25) is 0 Å². The van der Waals surface area contributed by atoms with Gasteiger partial charge in [-0.15, -0.1) is 10.2 Å². The molecule has 0 atom stereocenters. The lowest BCUT2D eigenvalue weighted by Gasteiger charge is -2.09. The smallest absolute Gasteiger partial charge is 0.184 e. The SMILES string of the molecule is COc1cc(Br)c(/C=N\n2cnnc2-c2ccccc2)cc1OC. The van der Waals surface area contributed by atoms with Crippen LogP contribution < -0.4 is 9.47 Å². The summed E-state index contributed by atoms with van der Waals surface area (Å²) in [4.78, 5) is 0. The molecule has 0 fully saturated rings. The van der Waals surface area contributed by atoms with Gasteiger partial charge >= 0.3 is 0 Å². The van der Waals surface area contributed by atoms with Crippen molar-refractivity contribution in [3.63, 3.8) is 0 Å². The van der Waals surface area contributed by atoms with Gasteiger partial charge in [-0.25, -0.2) is 0 Å². The number of halogens is 1. The van der Waals surface area contributed by atoms with Crippen molar-refractivity contribution in [2.45, 2.75) is 0 Å². The molecular formula is C17H15BrN4O2. The molecule has 0 saturated carbocycles. The molecule has 0 amide bonds. The molecule has 7 heteroatoms. The second-order valence-corrected chi connectivity index (χ2v) is 5.69. The Balaban J connectivity index is 1.94. The van der Waals surface area contributed by atoms with Gasteiger partial charge in [-0.2, -0.15) is 9.78 Å². The first-order valence-corrected chi connectivity index (χ1v) is 7.93. The van der Waals surface area contributed by atoms with Gasteiger partial charge < -0.3 is 9.47 Å². The van der Waals surface area contributed by atoms with Crippen molar-refractivity contribution in [3.05, 3.63) is 58.8 Å². The fraction of sp³-hybridized carbons (Fsp3) is 0.118. The Bertz CT molecular complexity index is 862. The second kappa shape index (κ2) is 7.27. The van der Waals surface area contributed by atoms with E-state index < -0.39 is 0 Å². The molecule has 0 N–H and O–H groups in total. The molecule has 3 rings (SSSR count). The highest BCUT2D eigenvalue weighted by Gasteiger charge is 2.09. The zero-order valence-corrected chi connectivity index (χ0v) is 14.8. The monoisotopic (exact) mass is 386 g/mol. The summed E-state index contributed by atoms with van der Waals surface area (Å²) < 4.78 is 13.1. The Labute approximate surface area is 147 Å². The predicted molar refractivity (Wildman–Crippen MR) is 95.7 cm³/mol. The molecule has 6 nitrogen and oxygen atoms in total. The van der Waals surface area contributed by atoms with Gasteiger partial charge in [-0.1, -0.05) is 30.3 Å². The molecule has 0 bridgehead atoms. The van der Waals surface area contributed by atoms with Crippen LogP contribution in [0.15, 0.2) is 58.4 Å². The van der Waals surface area contributed by atoms with Crippen molar-refractivity contribution in [1.29, 1.82) is 0 Å². The van der Waals surface area contributed by atoms with E-state index in [2.05, 4.69) is 31.2 Å². The Kier molecular flexibility index (Phi) is 4.90. The Hall–Kier alpha value is -2.67. The molecular weight excluding hydrogens is 372 g/mol. The summed E-state index contributed by atoms with van der Waals surface area (Å²) in [5.74, 6) is 1.95. The van der Waals surface area contributed by atoms with E-state index >= 15 is 0 Å². The molecule has 0 radical (unpaired) electrons. The van der Waals surface area contributed by atoms with Crippen molar-refractivity contribution in [1.82, 2.24) is 14.9 Å². The average molecular weight is 387 g/mol. The molecule has 122 valence electrons. The molecule has 24 heavy (non-hydrogen) atoms. The molecule has 3 aromatic rings. The standard InChI is InChI=1S/C17H15BrN4O2/c1-23-15-8-13(14(18)9-16(15)24-2)10-20-22-11-19-21-17(22)12-6-4-3-5-7-12/h3-11H,1-2H3/b20-10-. The third-order valence-electron chi connectivity index (χ3n) is 3.39. The highest BCUT2D eigenvalue weighted by molar-refractivity contribution is 9.10. The lowest BCUT2D eigenvalue weighted by molar-refractivity contribution is 0.354. The van der Waals surface area contributed by atoms with Crippen LogP contribution in [-0.4, -0.2) is 35.3 Å². The molecule has 0 aliphatic carbocycles. The lowest BCUT2D eigenvalue weighted by Crippen LogP contribution is -1.96. The van der Waals surface area contributed by atoms with Gasteiger partial charge in [0.05, 0.1) is 20.4 Å². The number of rotatable bonds is 5. The van der Waals surface area contributed by atoms with Crippen molar-refractivity contribution in [2.24, 2.45) is 5.10 Å². The zero-order chi connectivity index (χ0) is 16.9. The van der Waals surface area contributed by atoms with Gasteiger partial charge in [0.25, 0.3) is 0 Å². The van der Waals surface area contributed by atoms with Crippen LogP contribution in [0.4, 0.5) is 0 Å². The first kappa shape index (κ1) is 16.2. The third kappa shape index (κ3) is 3.30. The van der Waals surface area contributed by atoms with Gasteiger partial charge in [0.15, 0.2) is 17.3 Å². The summed E-state index contributed by atoms with van der Waals surface area (Å²) in [7, 11) is 3.20. The summed E-state index contributed by atoms with van der Waals surface area (Å²) in [6, 6.07) is 13.5. The number of benzene rings is 2. The summed E-state index contributed by atoms with van der Waals surface area (Å²) in [5, 5.41) is 12.5. The van der Waals surface area contributed by atoms with E-state index in [0.717, 1.165) is 15.6 Å². The van der Waals surface area contributed by atoms with Crippen molar-refractivity contribution < 1.29 is 9.47 Å². The number of hydrogen-bond donors (Lipinski definition) is 0. The third-order valence-corrected chi connectivity index (χ3v) is 4.07. The first-order chi connectivity index (χ1) is 11.7. The van der Waals surface area contributed by atoms with E-state index in [0.29, 0.717) is 17.3 Å². The minimum absolute atomic E-state index is 0.634. The van der Waals surface area contributed by atoms with Gasteiger partial charge in [0, 0.05) is 15.6 Å². The van der Waals surface area contributed by atoms with E-state index in [4.69, 9.17) is 9.47 Å². The van der Waals surface area contributed by atoms with Gasteiger partial charge in [-0.05, 0) is 28.1 Å². The second-order valence-electron chi connectivity index (χ2n) is 4.84. The summed E-state index contributed by atoms with van der Waals surface area (Å²) in [6.45, 7) is 0. The molecule has 0 aliphatic rings. The van der Waals surface area contributed by atoms with Crippen LogP contribution in [0.2, 0.25) is 0 Å². The van der Waals surface area contributed by atoms with Crippen LogP contribution in [0, 0.1) is 0 Å². The minimum Gasteiger partial charge on any atom is -0.493 e. The fourth-order valence-electron chi connectivity index (χ4n) is 2.18. The maximum Gasteiger partial charge on any atom is 0.184 e. The normalized spacial score (nSPS) is 11.0. The highest BCUT2D eigenvalue weighted by Crippen LogP contribution is 2.32.